The first kappa shape index (κ1) is 11.5. The maximum atomic E-state index is 9.82. The molecule has 2 rings (SSSR count). The Balaban J connectivity index is 2.56. The van der Waals surface area contributed by atoms with Crippen LogP contribution in [0.4, 0.5) is 0 Å². The van der Waals surface area contributed by atoms with Crippen molar-refractivity contribution in [1.82, 2.24) is 0 Å². The lowest BCUT2D eigenvalue weighted by atomic mass is 9.99. The number of hydrogen-bond donors (Lipinski definition) is 2. The number of fused-ring (bicyclic) bond motifs is 1. The van der Waals surface area contributed by atoms with Gasteiger partial charge in [0.25, 0.3) is 0 Å². The molecule has 0 spiro atoms. The normalized spacial score (nSPS) is 15.2. The summed E-state index contributed by atoms with van der Waals surface area (Å²) in [6.45, 7) is 2.29. The van der Waals surface area contributed by atoms with E-state index >= 15 is 0 Å². The van der Waals surface area contributed by atoms with E-state index in [9.17, 15) is 5.11 Å². The Labute approximate surface area is 98.9 Å². The number of halogens is 1. The van der Waals surface area contributed by atoms with Gasteiger partial charge in [0, 0.05) is 6.54 Å². The van der Waals surface area contributed by atoms with Crippen LogP contribution in [-0.2, 0) is 6.42 Å². The molecule has 1 aromatic rings. The van der Waals surface area contributed by atoms with Crippen molar-refractivity contribution in [3.63, 3.8) is 0 Å². The zero-order chi connectivity index (χ0) is 11.7. The van der Waals surface area contributed by atoms with Crippen LogP contribution in [0.25, 0.3) is 0 Å². The zero-order valence-corrected chi connectivity index (χ0v) is 9.75. The summed E-state index contributed by atoms with van der Waals surface area (Å²) < 4.78 is 10.5. The SMILES string of the molecule is CCc1c(C(O)CN)cc2c(c1Cl)OCO2. The second-order valence-electron chi connectivity index (χ2n) is 3.60. The van der Waals surface area contributed by atoms with Gasteiger partial charge in [0.2, 0.25) is 6.79 Å². The molecular weight excluding hydrogens is 230 g/mol. The number of rotatable bonds is 3. The number of benzene rings is 1. The molecule has 1 aliphatic rings. The van der Waals surface area contributed by atoms with E-state index < -0.39 is 6.10 Å². The van der Waals surface area contributed by atoms with Gasteiger partial charge in [-0.2, -0.15) is 0 Å². The molecule has 1 aliphatic heterocycles. The topological polar surface area (TPSA) is 64.7 Å². The van der Waals surface area contributed by atoms with Gasteiger partial charge >= 0.3 is 0 Å². The quantitative estimate of drug-likeness (QED) is 0.847. The molecule has 88 valence electrons. The molecule has 1 heterocycles. The molecule has 16 heavy (non-hydrogen) atoms. The minimum atomic E-state index is -0.720. The van der Waals surface area contributed by atoms with E-state index in [4.69, 9.17) is 26.8 Å². The molecular formula is C11H14ClNO3. The van der Waals surface area contributed by atoms with E-state index in [1.54, 1.807) is 6.07 Å². The van der Waals surface area contributed by atoms with Crippen molar-refractivity contribution in [2.24, 2.45) is 5.73 Å². The highest BCUT2D eigenvalue weighted by atomic mass is 35.5. The third-order valence-electron chi connectivity index (χ3n) is 2.68. The summed E-state index contributed by atoms with van der Waals surface area (Å²) in [4.78, 5) is 0. The third kappa shape index (κ3) is 1.73. The van der Waals surface area contributed by atoms with Crippen molar-refractivity contribution >= 4 is 11.6 Å². The molecule has 0 saturated heterocycles. The van der Waals surface area contributed by atoms with Crippen molar-refractivity contribution < 1.29 is 14.6 Å². The number of hydrogen-bond acceptors (Lipinski definition) is 4. The predicted molar refractivity (Wildman–Crippen MR) is 61.0 cm³/mol. The fraction of sp³-hybridized carbons (Fsp3) is 0.455. The van der Waals surface area contributed by atoms with Gasteiger partial charge < -0.3 is 20.3 Å². The van der Waals surface area contributed by atoms with E-state index in [0.29, 0.717) is 22.9 Å². The molecule has 4 nitrogen and oxygen atoms in total. The summed E-state index contributed by atoms with van der Waals surface area (Å²) in [5.41, 5.74) is 7.04. The molecule has 5 heteroatoms. The maximum Gasteiger partial charge on any atom is 0.231 e. The first-order valence-electron chi connectivity index (χ1n) is 5.18. The van der Waals surface area contributed by atoms with Gasteiger partial charge in [0.15, 0.2) is 11.5 Å². The Morgan fingerprint density at radius 1 is 1.56 bits per heavy atom. The minimum Gasteiger partial charge on any atom is -0.454 e. The molecule has 0 saturated carbocycles. The van der Waals surface area contributed by atoms with Crippen LogP contribution < -0.4 is 15.2 Å². The fourth-order valence-corrected chi connectivity index (χ4v) is 2.23. The van der Waals surface area contributed by atoms with Crippen molar-refractivity contribution in [2.75, 3.05) is 13.3 Å². The molecule has 1 aromatic carbocycles. The molecule has 3 N–H and O–H groups in total. The van der Waals surface area contributed by atoms with Crippen molar-refractivity contribution in [2.45, 2.75) is 19.4 Å². The highest BCUT2D eigenvalue weighted by Crippen LogP contribution is 2.44. The van der Waals surface area contributed by atoms with E-state index in [1.807, 2.05) is 6.92 Å². The van der Waals surface area contributed by atoms with Gasteiger partial charge in [-0.1, -0.05) is 18.5 Å². The van der Waals surface area contributed by atoms with Crippen LogP contribution in [0.15, 0.2) is 6.07 Å². The molecule has 0 bridgehead atoms. The van der Waals surface area contributed by atoms with Gasteiger partial charge in [-0.05, 0) is 23.6 Å². The van der Waals surface area contributed by atoms with E-state index in [1.165, 1.54) is 0 Å². The Kier molecular flexibility index (Phi) is 3.23. The lowest BCUT2D eigenvalue weighted by Gasteiger charge is -2.15. The molecule has 0 radical (unpaired) electrons. The highest BCUT2D eigenvalue weighted by molar-refractivity contribution is 6.33. The van der Waals surface area contributed by atoms with Gasteiger partial charge in [-0.15, -0.1) is 0 Å². The summed E-state index contributed by atoms with van der Waals surface area (Å²) in [6, 6.07) is 1.75. The monoisotopic (exact) mass is 243 g/mol. The molecule has 0 aliphatic carbocycles. The largest absolute Gasteiger partial charge is 0.454 e. The number of aliphatic hydroxyl groups is 1. The number of nitrogens with two attached hydrogens (primary N) is 1. The van der Waals surface area contributed by atoms with E-state index in [0.717, 1.165) is 11.1 Å². The lowest BCUT2D eigenvalue weighted by Crippen LogP contribution is -2.13. The Morgan fingerprint density at radius 2 is 2.31 bits per heavy atom. The Morgan fingerprint density at radius 3 is 2.94 bits per heavy atom. The van der Waals surface area contributed by atoms with Gasteiger partial charge in [-0.25, -0.2) is 0 Å². The van der Waals surface area contributed by atoms with Crippen molar-refractivity contribution in [3.8, 4) is 11.5 Å². The first-order chi connectivity index (χ1) is 7.69. The fourth-order valence-electron chi connectivity index (χ4n) is 1.84. The first-order valence-corrected chi connectivity index (χ1v) is 5.55. The van der Waals surface area contributed by atoms with Crippen LogP contribution in [0.2, 0.25) is 5.02 Å². The van der Waals surface area contributed by atoms with E-state index in [2.05, 4.69) is 0 Å². The van der Waals surface area contributed by atoms with Crippen LogP contribution in [0.1, 0.15) is 24.2 Å². The second kappa shape index (κ2) is 4.49. The summed E-state index contributed by atoms with van der Waals surface area (Å²) in [5, 5.41) is 10.3. The van der Waals surface area contributed by atoms with Crippen LogP contribution in [0, 0.1) is 0 Å². The third-order valence-corrected chi connectivity index (χ3v) is 3.08. The number of aliphatic hydroxyl groups excluding tert-OH is 1. The molecule has 0 fully saturated rings. The Hall–Kier alpha value is -0.970. The molecule has 1 unspecified atom stereocenters. The maximum absolute atomic E-state index is 9.82. The summed E-state index contributed by atoms with van der Waals surface area (Å²) in [5.74, 6) is 1.14. The highest BCUT2D eigenvalue weighted by Gasteiger charge is 2.24. The minimum absolute atomic E-state index is 0.156. The molecule has 0 aromatic heterocycles. The second-order valence-corrected chi connectivity index (χ2v) is 3.98. The summed E-state index contributed by atoms with van der Waals surface area (Å²) >= 11 is 6.20. The lowest BCUT2D eigenvalue weighted by molar-refractivity contribution is 0.173. The van der Waals surface area contributed by atoms with Crippen LogP contribution in [-0.4, -0.2) is 18.4 Å². The predicted octanol–water partition coefficient (Wildman–Crippen LogP) is 1.62. The molecule has 0 amide bonds. The number of ether oxygens (including phenoxy) is 2. The van der Waals surface area contributed by atoms with Gasteiger partial charge in [-0.3, -0.25) is 0 Å². The van der Waals surface area contributed by atoms with Crippen molar-refractivity contribution in [1.29, 1.82) is 0 Å². The average molecular weight is 244 g/mol. The van der Waals surface area contributed by atoms with Crippen LogP contribution in [0.3, 0.4) is 0 Å². The van der Waals surface area contributed by atoms with Gasteiger partial charge in [0.1, 0.15) is 0 Å². The molecule has 1 atom stereocenters. The summed E-state index contributed by atoms with van der Waals surface area (Å²) in [6.07, 6.45) is -0.0102. The van der Waals surface area contributed by atoms with Crippen molar-refractivity contribution in [3.05, 3.63) is 22.2 Å². The average Bonchev–Trinajstić information content (AvgIpc) is 2.76. The summed E-state index contributed by atoms with van der Waals surface area (Å²) in [7, 11) is 0. The smallest absolute Gasteiger partial charge is 0.231 e. The zero-order valence-electron chi connectivity index (χ0n) is 9.00. The Bertz CT molecular complexity index is 409. The van der Waals surface area contributed by atoms with Crippen LogP contribution >= 0.6 is 11.6 Å². The standard InChI is InChI=1S/C11H14ClNO3/c1-2-6-7(8(14)4-13)3-9-11(10(6)12)16-5-15-9/h3,8,14H,2,4-5,13H2,1H3. The van der Waals surface area contributed by atoms with Crippen LogP contribution in [0.5, 0.6) is 11.5 Å². The van der Waals surface area contributed by atoms with Gasteiger partial charge in [0.05, 0.1) is 11.1 Å². The van der Waals surface area contributed by atoms with E-state index in [-0.39, 0.29) is 13.3 Å².